The van der Waals surface area contributed by atoms with Gasteiger partial charge in [-0.3, -0.25) is 0 Å². The van der Waals surface area contributed by atoms with E-state index in [1.807, 2.05) is 0 Å². The molecule has 1 aliphatic heterocycles. The lowest BCUT2D eigenvalue weighted by atomic mass is 10.2. The molecule has 0 radical (unpaired) electrons. The Bertz CT molecular complexity index is 198. The van der Waals surface area contributed by atoms with Gasteiger partial charge in [-0.25, -0.2) is 4.79 Å². The summed E-state index contributed by atoms with van der Waals surface area (Å²) in [4.78, 5) is 11.0. The molecule has 0 aromatic carbocycles. The van der Waals surface area contributed by atoms with Crippen LogP contribution < -0.4 is 5.32 Å². The van der Waals surface area contributed by atoms with Gasteiger partial charge in [0.05, 0.1) is 19.3 Å². The zero-order valence-electron chi connectivity index (χ0n) is 7.23. The Morgan fingerprint density at radius 3 is 3.08 bits per heavy atom. The molecule has 1 amide bonds. The average Bonchev–Trinajstić information content (AvgIpc) is 2.48. The average molecular weight is 203 g/mol. The van der Waals surface area contributed by atoms with Crippen molar-refractivity contribution in [1.82, 2.24) is 5.32 Å². The van der Waals surface area contributed by atoms with E-state index in [0.717, 1.165) is 0 Å². The highest BCUT2D eigenvalue weighted by Crippen LogP contribution is 2.11. The van der Waals surface area contributed by atoms with Crippen molar-refractivity contribution < 1.29 is 14.3 Å². The Hall–Kier alpha value is -0.680. The van der Waals surface area contributed by atoms with Crippen LogP contribution in [0.25, 0.3) is 0 Å². The highest BCUT2D eigenvalue weighted by atomic mass is 32.1. The quantitative estimate of drug-likeness (QED) is 0.521. The minimum absolute atomic E-state index is 0.0521. The van der Waals surface area contributed by atoms with Gasteiger partial charge in [0.25, 0.3) is 0 Å². The minimum atomic E-state index is -0.450. The smallest absolute Gasteiger partial charge is 0.407 e. The molecule has 1 saturated heterocycles. The van der Waals surface area contributed by atoms with E-state index in [1.165, 1.54) is 6.08 Å². The Kier molecular flexibility index (Phi) is 4.11. The summed E-state index contributed by atoms with van der Waals surface area (Å²) >= 11 is 4.24. The summed E-state index contributed by atoms with van der Waals surface area (Å²) in [5.41, 5.74) is 0. The Labute approximate surface area is 82.7 Å². The molecule has 0 spiro atoms. The van der Waals surface area contributed by atoms with Crippen molar-refractivity contribution in [1.29, 1.82) is 0 Å². The van der Waals surface area contributed by atoms with E-state index in [4.69, 9.17) is 9.47 Å². The molecule has 13 heavy (non-hydrogen) atoms. The van der Waals surface area contributed by atoms with Gasteiger partial charge in [-0.15, -0.1) is 0 Å². The number of nitrogens with one attached hydrogen (secondary N) is 1. The first kappa shape index (κ1) is 10.4. The molecule has 4 nitrogen and oxygen atoms in total. The van der Waals surface area contributed by atoms with Gasteiger partial charge in [0.1, 0.15) is 6.61 Å². The molecule has 1 N–H and O–H groups in total. The Balaban J connectivity index is 2.22. The number of carbonyl (C=O) groups excluding carboxylic acids is 1. The molecular formula is C8H13NO3S. The van der Waals surface area contributed by atoms with Gasteiger partial charge in [0.15, 0.2) is 0 Å². The highest BCUT2D eigenvalue weighted by molar-refractivity contribution is 7.81. The van der Waals surface area contributed by atoms with Crippen LogP contribution in [0.3, 0.4) is 0 Å². The molecule has 0 unspecified atom stereocenters. The van der Waals surface area contributed by atoms with Crippen molar-refractivity contribution in [3.8, 4) is 0 Å². The molecule has 1 heterocycles. The summed E-state index contributed by atoms with van der Waals surface area (Å²) in [5.74, 6) is 0. The standard InChI is InChI=1S/C8H13NO3S/c1-2-3-12-8(10)9-6-4-11-5-7(6)13/h2,6-7,13H,1,3-5H2,(H,9,10)/t6-,7-/m0/s1. The van der Waals surface area contributed by atoms with Crippen LogP contribution >= 0.6 is 12.6 Å². The number of rotatable bonds is 3. The molecule has 74 valence electrons. The normalized spacial score (nSPS) is 26.8. The second kappa shape index (κ2) is 5.14. The fourth-order valence-corrected chi connectivity index (χ4v) is 1.27. The third-order valence-electron chi connectivity index (χ3n) is 1.69. The summed E-state index contributed by atoms with van der Waals surface area (Å²) in [7, 11) is 0. The van der Waals surface area contributed by atoms with Gasteiger partial charge >= 0.3 is 6.09 Å². The van der Waals surface area contributed by atoms with Crippen molar-refractivity contribution in [2.24, 2.45) is 0 Å². The third-order valence-corrected chi connectivity index (χ3v) is 2.19. The van der Waals surface area contributed by atoms with Gasteiger partial charge in [0, 0.05) is 5.25 Å². The van der Waals surface area contributed by atoms with Crippen molar-refractivity contribution in [3.05, 3.63) is 12.7 Å². The van der Waals surface area contributed by atoms with E-state index < -0.39 is 6.09 Å². The third kappa shape index (κ3) is 3.28. The second-order valence-corrected chi connectivity index (χ2v) is 3.41. The van der Waals surface area contributed by atoms with Crippen LogP contribution in [0.2, 0.25) is 0 Å². The first-order chi connectivity index (χ1) is 6.24. The van der Waals surface area contributed by atoms with Crippen molar-refractivity contribution >= 4 is 18.7 Å². The lowest BCUT2D eigenvalue weighted by Gasteiger charge is -2.13. The van der Waals surface area contributed by atoms with E-state index in [9.17, 15) is 4.79 Å². The van der Waals surface area contributed by atoms with Crippen LogP contribution in [0, 0.1) is 0 Å². The molecule has 0 bridgehead atoms. The Morgan fingerprint density at radius 1 is 1.77 bits per heavy atom. The first-order valence-corrected chi connectivity index (χ1v) is 4.55. The van der Waals surface area contributed by atoms with Crippen LogP contribution in [0.5, 0.6) is 0 Å². The molecule has 1 fully saturated rings. The lowest BCUT2D eigenvalue weighted by Crippen LogP contribution is -2.40. The van der Waals surface area contributed by atoms with Crippen molar-refractivity contribution in [3.63, 3.8) is 0 Å². The minimum Gasteiger partial charge on any atom is -0.445 e. The van der Waals surface area contributed by atoms with Crippen LogP contribution in [0.1, 0.15) is 0 Å². The largest absolute Gasteiger partial charge is 0.445 e. The maximum absolute atomic E-state index is 11.0. The molecular weight excluding hydrogens is 190 g/mol. The van der Waals surface area contributed by atoms with E-state index >= 15 is 0 Å². The summed E-state index contributed by atoms with van der Waals surface area (Å²) in [6, 6.07) is -0.0550. The molecule has 1 rings (SSSR count). The van der Waals surface area contributed by atoms with Gasteiger partial charge in [-0.1, -0.05) is 12.7 Å². The summed E-state index contributed by atoms with van der Waals surface area (Å²) in [6.45, 7) is 4.72. The van der Waals surface area contributed by atoms with Crippen LogP contribution in [0.4, 0.5) is 4.79 Å². The Morgan fingerprint density at radius 2 is 2.54 bits per heavy atom. The van der Waals surface area contributed by atoms with E-state index in [1.54, 1.807) is 0 Å². The number of amides is 1. The summed E-state index contributed by atoms with van der Waals surface area (Å²) < 4.78 is 9.85. The monoisotopic (exact) mass is 203 g/mol. The molecule has 0 aromatic heterocycles. The number of hydrogen-bond donors (Lipinski definition) is 2. The summed E-state index contributed by atoms with van der Waals surface area (Å²) in [5, 5.41) is 2.71. The molecule has 2 atom stereocenters. The van der Waals surface area contributed by atoms with Gasteiger partial charge in [-0.05, 0) is 0 Å². The fraction of sp³-hybridized carbons (Fsp3) is 0.625. The van der Waals surface area contributed by atoms with E-state index in [-0.39, 0.29) is 17.9 Å². The van der Waals surface area contributed by atoms with Gasteiger partial charge < -0.3 is 14.8 Å². The second-order valence-electron chi connectivity index (χ2n) is 2.74. The highest BCUT2D eigenvalue weighted by Gasteiger charge is 2.26. The molecule has 5 heteroatoms. The lowest BCUT2D eigenvalue weighted by molar-refractivity contribution is 0.149. The predicted molar refractivity (Wildman–Crippen MR) is 52.1 cm³/mol. The van der Waals surface area contributed by atoms with Crippen molar-refractivity contribution in [2.75, 3.05) is 19.8 Å². The topological polar surface area (TPSA) is 47.6 Å². The fourth-order valence-electron chi connectivity index (χ4n) is 1.01. The zero-order chi connectivity index (χ0) is 9.68. The van der Waals surface area contributed by atoms with Gasteiger partial charge in [-0.2, -0.15) is 12.6 Å². The molecule has 0 aromatic rings. The summed E-state index contributed by atoms with van der Waals surface area (Å²) in [6.07, 6.45) is 1.07. The first-order valence-electron chi connectivity index (χ1n) is 4.04. The number of thiol groups is 1. The number of ether oxygens (including phenoxy) is 2. The van der Waals surface area contributed by atoms with E-state index in [2.05, 4.69) is 24.5 Å². The maximum Gasteiger partial charge on any atom is 0.407 e. The predicted octanol–water partition coefficient (Wildman–Crippen LogP) is 0.596. The van der Waals surface area contributed by atoms with Crippen LogP contribution in [0.15, 0.2) is 12.7 Å². The van der Waals surface area contributed by atoms with Crippen molar-refractivity contribution in [2.45, 2.75) is 11.3 Å². The van der Waals surface area contributed by atoms with Crippen LogP contribution in [-0.4, -0.2) is 37.2 Å². The SMILES string of the molecule is C=CCOC(=O)N[C@H]1COC[C@@H]1S. The maximum atomic E-state index is 11.0. The number of alkyl carbamates (subject to hydrolysis) is 1. The number of carbonyl (C=O) groups is 1. The molecule has 0 saturated carbocycles. The number of hydrogen-bond acceptors (Lipinski definition) is 4. The van der Waals surface area contributed by atoms with Gasteiger partial charge in [0.2, 0.25) is 0 Å². The zero-order valence-corrected chi connectivity index (χ0v) is 8.13. The molecule has 0 aliphatic carbocycles. The van der Waals surface area contributed by atoms with Crippen LogP contribution in [-0.2, 0) is 9.47 Å². The van der Waals surface area contributed by atoms with E-state index in [0.29, 0.717) is 13.2 Å². The molecule has 1 aliphatic rings.